The van der Waals surface area contributed by atoms with E-state index in [1.807, 2.05) is 24.7 Å². The molecule has 0 amide bonds. The summed E-state index contributed by atoms with van der Waals surface area (Å²) < 4.78 is 20.3. The van der Waals surface area contributed by atoms with Gasteiger partial charge >= 0.3 is 5.97 Å². The highest BCUT2D eigenvalue weighted by Crippen LogP contribution is 2.47. The minimum atomic E-state index is -0.614. The normalized spacial score (nSPS) is 16.5. The highest BCUT2D eigenvalue weighted by Gasteiger charge is 2.43. The number of halogens is 1. The lowest BCUT2D eigenvalue weighted by Crippen LogP contribution is -2.37. The van der Waals surface area contributed by atoms with Gasteiger partial charge in [-0.3, -0.25) is 4.79 Å². The fraction of sp³-hybridized carbons (Fsp3) is 0.440. The van der Waals surface area contributed by atoms with Gasteiger partial charge in [-0.25, -0.2) is 9.07 Å². The maximum absolute atomic E-state index is 13.3. The minimum absolute atomic E-state index is 0.0869. The Balaban J connectivity index is 1.76. The summed E-state index contributed by atoms with van der Waals surface area (Å²) in [6.45, 7) is 4.01. The van der Waals surface area contributed by atoms with Gasteiger partial charge in [-0.15, -0.1) is 0 Å². The molecule has 2 aromatic carbocycles. The van der Waals surface area contributed by atoms with Gasteiger partial charge in [0.05, 0.1) is 29.9 Å². The number of carbonyl (C=O) groups excluding carboxylic acids is 1. The zero-order valence-electron chi connectivity index (χ0n) is 17.9. The van der Waals surface area contributed by atoms with E-state index < -0.39 is 5.41 Å². The van der Waals surface area contributed by atoms with E-state index in [4.69, 9.17) is 4.74 Å². The molecule has 0 aliphatic heterocycles. The first kappa shape index (κ1) is 20.6. The molecule has 1 unspecified atom stereocenters. The Kier molecular flexibility index (Phi) is 5.63. The predicted octanol–water partition coefficient (Wildman–Crippen LogP) is 6.03. The smallest absolute Gasteiger partial charge is 0.311 e. The van der Waals surface area contributed by atoms with E-state index in [9.17, 15) is 9.18 Å². The molecule has 4 rings (SSSR count). The van der Waals surface area contributed by atoms with Crippen molar-refractivity contribution in [3.8, 4) is 5.69 Å². The number of methoxy groups -OCH3 is 1. The Hall–Kier alpha value is -2.69. The van der Waals surface area contributed by atoms with Crippen LogP contribution in [0.2, 0.25) is 0 Å². The van der Waals surface area contributed by atoms with Crippen molar-refractivity contribution >= 4 is 16.9 Å². The average molecular weight is 409 g/mol. The summed E-state index contributed by atoms with van der Waals surface area (Å²) in [4.78, 5) is 12.7. The second-order valence-corrected chi connectivity index (χ2v) is 8.94. The molecule has 4 nitrogen and oxygen atoms in total. The second-order valence-electron chi connectivity index (χ2n) is 8.94. The zero-order chi connectivity index (χ0) is 21.3. The van der Waals surface area contributed by atoms with Crippen molar-refractivity contribution in [2.24, 2.45) is 11.3 Å². The van der Waals surface area contributed by atoms with Crippen LogP contribution in [0.25, 0.3) is 16.6 Å². The van der Waals surface area contributed by atoms with E-state index in [-0.39, 0.29) is 17.7 Å². The van der Waals surface area contributed by atoms with Crippen LogP contribution in [-0.2, 0) is 9.53 Å². The molecule has 1 aromatic heterocycles. The van der Waals surface area contributed by atoms with Crippen LogP contribution in [0.3, 0.4) is 0 Å². The monoisotopic (exact) mass is 408 g/mol. The van der Waals surface area contributed by atoms with Gasteiger partial charge in [0.15, 0.2) is 0 Å². The highest BCUT2D eigenvalue weighted by molar-refractivity contribution is 5.82. The van der Waals surface area contributed by atoms with Crippen molar-refractivity contribution in [1.82, 2.24) is 9.78 Å². The van der Waals surface area contributed by atoms with Crippen LogP contribution in [-0.4, -0.2) is 22.9 Å². The molecule has 1 fully saturated rings. The molecule has 0 spiro atoms. The van der Waals surface area contributed by atoms with E-state index >= 15 is 0 Å². The fourth-order valence-electron chi connectivity index (χ4n) is 5.17. The molecule has 158 valence electrons. The Bertz CT molecular complexity index is 1030. The molecular formula is C25H29FN2O2. The van der Waals surface area contributed by atoms with Gasteiger partial charge in [0.1, 0.15) is 5.82 Å². The number of hydrogen-bond acceptors (Lipinski definition) is 3. The highest BCUT2D eigenvalue weighted by atomic mass is 19.1. The number of nitrogens with zero attached hydrogens (tertiary/aromatic N) is 2. The molecule has 1 aliphatic rings. The number of ether oxygens (including phenoxy) is 1. The molecule has 30 heavy (non-hydrogen) atoms. The number of aromatic nitrogens is 2. The van der Waals surface area contributed by atoms with Gasteiger partial charge < -0.3 is 4.74 Å². The Morgan fingerprint density at radius 3 is 2.50 bits per heavy atom. The number of benzene rings is 2. The largest absolute Gasteiger partial charge is 0.469 e. The maximum atomic E-state index is 13.3. The van der Waals surface area contributed by atoms with Gasteiger partial charge in [0.25, 0.3) is 0 Å². The molecule has 1 saturated carbocycles. The average Bonchev–Trinajstić information content (AvgIpc) is 3.17. The summed E-state index contributed by atoms with van der Waals surface area (Å²) in [6, 6.07) is 12.7. The molecule has 5 heteroatoms. The number of esters is 1. The molecule has 0 radical (unpaired) electrons. The SMILES string of the molecule is COC(=O)C(C)(C)C(c1ccc2c(cnn2-c2ccc(F)cc2)c1)C1CCCCC1. The first-order chi connectivity index (χ1) is 14.4. The van der Waals surface area contributed by atoms with Crippen LogP contribution in [0.5, 0.6) is 0 Å². The first-order valence-electron chi connectivity index (χ1n) is 10.7. The van der Waals surface area contributed by atoms with E-state index in [1.54, 1.807) is 12.1 Å². The van der Waals surface area contributed by atoms with Crippen molar-refractivity contribution in [2.75, 3.05) is 7.11 Å². The summed E-state index contributed by atoms with van der Waals surface area (Å²) >= 11 is 0. The summed E-state index contributed by atoms with van der Waals surface area (Å²) in [6.07, 6.45) is 7.80. The summed E-state index contributed by atoms with van der Waals surface area (Å²) in [5.41, 5.74) is 2.32. The quantitative estimate of drug-likeness (QED) is 0.484. The van der Waals surface area contributed by atoms with E-state index in [2.05, 4.69) is 23.3 Å². The number of fused-ring (bicyclic) bond motifs is 1. The van der Waals surface area contributed by atoms with Crippen molar-refractivity contribution in [3.05, 3.63) is 60.0 Å². The predicted molar refractivity (Wildman–Crippen MR) is 116 cm³/mol. The lowest BCUT2D eigenvalue weighted by atomic mass is 9.64. The number of rotatable bonds is 5. The number of hydrogen-bond donors (Lipinski definition) is 0. The first-order valence-corrected chi connectivity index (χ1v) is 10.7. The topological polar surface area (TPSA) is 44.1 Å². The third kappa shape index (κ3) is 3.73. The third-order valence-electron chi connectivity index (χ3n) is 6.63. The van der Waals surface area contributed by atoms with Gasteiger partial charge in [0.2, 0.25) is 0 Å². The lowest BCUT2D eigenvalue weighted by Gasteiger charge is -2.39. The lowest BCUT2D eigenvalue weighted by molar-refractivity contribution is -0.153. The Labute approximate surface area is 177 Å². The Morgan fingerprint density at radius 2 is 1.83 bits per heavy atom. The fourth-order valence-corrected chi connectivity index (χ4v) is 5.17. The van der Waals surface area contributed by atoms with Crippen LogP contribution in [0.1, 0.15) is 57.4 Å². The summed E-state index contributed by atoms with van der Waals surface area (Å²) in [5, 5.41) is 5.54. The summed E-state index contributed by atoms with van der Waals surface area (Å²) in [7, 11) is 1.47. The van der Waals surface area contributed by atoms with Crippen LogP contribution < -0.4 is 0 Å². The molecule has 1 heterocycles. The summed E-state index contributed by atoms with van der Waals surface area (Å²) in [5.74, 6) is 0.110. The van der Waals surface area contributed by atoms with Crippen molar-refractivity contribution < 1.29 is 13.9 Å². The van der Waals surface area contributed by atoms with Crippen LogP contribution in [0.4, 0.5) is 4.39 Å². The van der Waals surface area contributed by atoms with Gasteiger partial charge in [0, 0.05) is 11.3 Å². The third-order valence-corrected chi connectivity index (χ3v) is 6.63. The van der Waals surface area contributed by atoms with Crippen LogP contribution >= 0.6 is 0 Å². The van der Waals surface area contributed by atoms with E-state index in [0.29, 0.717) is 5.92 Å². The van der Waals surface area contributed by atoms with Crippen molar-refractivity contribution in [3.63, 3.8) is 0 Å². The van der Waals surface area contributed by atoms with Crippen LogP contribution in [0, 0.1) is 17.2 Å². The van der Waals surface area contributed by atoms with Gasteiger partial charge in [-0.1, -0.05) is 25.3 Å². The molecule has 0 bridgehead atoms. The second kappa shape index (κ2) is 8.21. The molecule has 1 aliphatic carbocycles. The molecule has 3 aromatic rings. The number of carbonyl (C=O) groups is 1. The van der Waals surface area contributed by atoms with E-state index in [0.717, 1.165) is 35.0 Å². The molecule has 0 N–H and O–H groups in total. The molecule has 1 atom stereocenters. The van der Waals surface area contributed by atoms with Crippen LogP contribution in [0.15, 0.2) is 48.7 Å². The zero-order valence-corrected chi connectivity index (χ0v) is 17.9. The van der Waals surface area contributed by atoms with E-state index in [1.165, 1.54) is 38.5 Å². The van der Waals surface area contributed by atoms with Crippen molar-refractivity contribution in [1.29, 1.82) is 0 Å². The molecular weight excluding hydrogens is 379 g/mol. The minimum Gasteiger partial charge on any atom is -0.469 e. The van der Waals surface area contributed by atoms with Crippen molar-refractivity contribution in [2.45, 2.75) is 51.9 Å². The van der Waals surface area contributed by atoms with Gasteiger partial charge in [-0.05, 0) is 74.6 Å². The molecule has 0 saturated heterocycles. The van der Waals surface area contributed by atoms with Gasteiger partial charge in [-0.2, -0.15) is 5.10 Å². The maximum Gasteiger partial charge on any atom is 0.311 e. The Morgan fingerprint density at radius 1 is 1.13 bits per heavy atom. The standard InChI is InChI=1S/C25H29FN2O2/c1-25(2,24(29)30-3)23(17-7-5-4-6-8-17)18-9-14-22-19(15-18)16-27-28(22)21-12-10-20(26)11-13-21/h9-17,23H,4-8H2,1-3H3.